The molecule has 0 spiro atoms. The van der Waals surface area contributed by atoms with Crippen LogP contribution in [0.15, 0.2) is 30.3 Å². The molecule has 0 radical (unpaired) electrons. The Morgan fingerprint density at radius 2 is 2.18 bits per heavy atom. The molecule has 1 aliphatic rings. The fourth-order valence-corrected chi connectivity index (χ4v) is 2.55. The highest BCUT2D eigenvalue weighted by Gasteiger charge is 2.24. The number of nitrogens with zero attached hydrogens (tertiary/aromatic N) is 1. The maximum atomic E-state index is 5.40. The van der Waals surface area contributed by atoms with Crippen molar-refractivity contribution in [2.45, 2.75) is 25.7 Å². The minimum Gasteiger partial charge on any atom is -0.363 e. The van der Waals surface area contributed by atoms with Crippen LogP contribution in [0.5, 0.6) is 0 Å². The lowest BCUT2D eigenvalue weighted by Gasteiger charge is -2.20. The molecule has 1 aromatic rings. The van der Waals surface area contributed by atoms with Gasteiger partial charge in [0.2, 0.25) is 0 Å². The van der Waals surface area contributed by atoms with E-state index in [1.807, 2.05) is 0 Å². The summed E-state index contributed by atoms with van der Waals surface area (Å²) in [6.07, 6.45) is 2.33. The van der Waals surface area contributed by atoms with Crippen LogP contribution in [-0.4, -0.2) is 29.6 Å². The summed E-state index contributed by atoms with van der Waals surface area (Å²) in [6.45, 7) is 5.27. The second kappa shape index (κ2) is 6.01. The first-order valence-corrected chi connectivity index (χ1v) is 6.79. The van der Waals surface area contributed by atoms with Gasteiger partial charge in [-0.05, 0) is 30.6 Å². The molecule has 17 heavy (non-hydrogen) atoms. The van der Waals surface area contributed by atoms with Crippen LogP contribution in [0.2, 0.25) is 0 Å². The van der Waals surface area contributed by atoms with E-state index in [0.717, 1.165) is 31.2 Å². The molecule has 1 unspecified atom stereocenters. The van der Waals surface area contributed by atoms with Crippen LogP contribution < -0.4 is 5.32 Å². The molecule has 1 saturated heterocycles. The Morgan fingerprint density at radius 1 is 1.41 bits per heavy atom. The Kier molecular flexibility index (Phi) is 4.37. The molecule has 0 aromatic heterocycles. The molecule has 0 bridgehead atoms. The van der Waals surface area contributed by atoms with Gasteiger partial charge >= 0.3 is 0 Å². The highest BCUT2D eigenvalue weighted by Crippen LogP contribution is 2.26. The highest BCUT2D eigenvalue weighted by atomic mass is 32.1. The van der Waals surface area contributed by atoms with E-state index >= 15 is 0 Å². The van der Waals surface area contributed by atoms with Crippen LogP contribution in [0.4, 0.5) is 0 Å². The van der Waals surface area contributed by atoms with E-state index in [1.54, 1.807) is 0 Å². The Morgan fingerprint density at radius 3 is 2.88 bits per heavy atom. The normalized spacial score (nSPS) is 19.4. The van der Waals surface area contributed by atoms with Crippen molar-refractivity contribution >= 4 is 17.3 Å². The molecule has 1 atom stereocenters. The van der Waals surface area contributed by atoms with Crippen LogP contribution in [0, 0.1) is 0 Å². The topological polar surface area (TPSA) is 15.3 Å². The molecule has 2 rings (SSSR count). The summed E-state index contributed by atoms with van der Waals surface area (Å²) in [6, 6.07) is 10.7. The van der Waals surface area contributed by atoms with Gasteiger partial charge in [-0.2, -0.15) is 0 Å². The average molecular weight is 248 g/mol. The summed E-state index contributed by atoms with van der Waals surface area (Å²) in [4.78, 5) is 2.29. The molecule has 92 valence electrons. The van der Waals surface area contributed by atoms with E-state index in [4.69, 9.17) is 12.2 Å². The molecule has 1 fully saturated rings. The zero-order valence-corrected chi connectivity index (χ0v) is 11.2. The largest absolute Gasteiger partial charge is 0.363 e. The highest BCUT2D eigenvalue weighted by molar-refractivity contribution is 7.80. The van der Waals surface area contributed by atoms with E-state index in [2.05, 4.69) is 47.5 Å². The first kappa shape index (κ1) is 12.4. The second-order valence-electron chi connectivity index (χ2n) is 4.57. The monoisotopic (exact) mass is 248 g/mol. The lowest BCUT2D eigenvalue weighted by atomic mass is 9.99. The average Bonchev–Trinajstić information content (AvgIpc) is 2.86. The van der Waals surface area contributed by atoms with Crippen molar-refractivity contribution < 1.29 is 0 Å². The van der Waals surface area contributed by atoms with Crippen molar-refractivity contribution in [1.29, 1.82) is 0 Å². The second-order valence-corrected chi connectivity index (χ2v) is 4.96. The smallest absolute Gasteiger partial charge is 0.168 e. The fraction of sp³-hybridized carbons (Fsp3) is 0.500. The fourth-order valence-electron chi connectivity index (χ4n) is 2.29. The van der Waals surface area contributed by atoms with Crippen molar-refractivity contribution in [1.82, 2.24) is 10.2 Å². The number of benzene rings is 1. The van der Waals surface area contributed by atoms with Crippen molar-refractivity contribution in [2.24, 2.45) is 0 Å². The molecule has 0 saturated carbocycles. The standard InChI is InChI=1S/C14H20N2S/c1-2-9-15-14(17)16-10-8-13(11-16)12-6-4-3-5-7-12/h3-7,13H,2,8-11H2,1H3,(H,15,17). The molecule has 1 heterocycles. The van der Waals surface area contributed by atoms with E-state index in [9.17, 15) is 0 Å². The third kappa shape index (κ3) is 3.19. The van der Waals surface area contributed by atoms with Gasteiger partial charge in [0.1, 0.15) is 0 Å². The number of thiocarbonyl (C=S) groups is 1. The molecule has 1 N–H and O–H groups in total. The molecule has 0 aliphatic carbocycles. The van der Waals surface area contributed by atoms with Gasteiger partial charge in [-0.25, -0.2) is 0 Å². The number of hydrogen-bond acceptors (Lipinski definition) is 1. The third-order valence-electron chi connectivity index (χ3n) is 3.27. The summed E-state index contributed by atoms with van der Waals surface area (Å²) >= 11 is 5.40. The zero-order chi connectivity index (χ0) is 12.1. The quantitative estimate of drug-likeness (QED) is 0.828. The van der Waals surface area contributed by atoms with E-state index in [0.29, 0.717) is 5.92 Å². The van der Waals surface area contributed by atoms with Crippen molar-refractivity contribution in [3.05, 3.63) is 35.9 Å². The summed E-state index contributed by atoms with van der Waals surface area (Å²) in [5.41, 5.74) is 1.44. The van der Waals surface area contributed by atoms with Crippen LogP contribution in [-0.2, 0) is 0 Å². The van der Waals surface area contributed by atoms with Gasteiger partial charge in [0.25, 0.3) is 0 Å². The molecule has 1 aromatic carbocycles. The van der Waals surface area contributed by atoms with Crippen LogP contribution in [0.3, 0.4) is 0 Å². The minimum atomic E-state index is 0.637. The minimum absolute atomic E-state index is 0.637. The zero-order valence-electron chi connectivity index (χ0n) is 10.4. The van der Waals surface area contributed by atoms with Gasteiger partial charge in [-0.1, -0.05) is 37.3 Å². The van der Waals surface area contributed by atoms with Crippen LogP contribution in [0.1, 0.15) is 31.2 Å². The first-order valence-electron chi connectivity index (χ1n) is 6.39. The van der Waals surface area contributed by atoms with Gasteiger partial charge in [0.05, 0.1) is 0 Å². The maximum absolute atomic E-state index is 5.40. The van der Waals surface area contributed by atoms with E-state index < -0.39 is 0 Å². The summed E-state index contributed by atoms with van der Waals surface area (Å²) in [5.74, 6) is 0.637. The van der Waals surface area contributed by atoms with E-state index in [-0.39, 0.29) is 0 Å². The molecular weight excluding hydrogens is 228 g/mol. The van der Waals surface area contributed by atoms with Crippen molar-refractivity contribution in [3.8, 4) is 0 Å². The summed E-state index contributed by atoms with van der Waals surface area (Å²) < 4.78 is 0. The first-order chi connectivity index (χ1) is 8.31. The Bertz CT molecular complexity index is 364. The SMILES string of the molecule is CCCNC(=S)N1CCC(c2ccccc2)C1. The van der Waals surface area contributed by atoms with Crippen molar-refractivity contribution in [3.63, 3.8) is 0 Å². The van der Waals surface area contributed by atoms with Crippen LogP contribution in [0.25, 0.3) is 0 Å². The lowest BCUT2D eigenvalue weighted by Crippen LogP contribution is -2.38. The lowest BCUT2D eigenvalue weighted by molar-refractivity contribution is 0.498. The summed E-state index contributed by atoms with van der Waals surface area (Å²) in [7, 11) is 0. The summed E-state index contributed by atoms with van der Waals surface area (Å²) in [5, 5.41) is 4.23. The molecule has 1 aliphatic heterocycles. The number of nitrogens with one attached hydrogen (secondary N) is 1. The van der Waals surface area contributed by atoms with Crippen molar-refractivity contribution in [2.75, 3.05) is 19.6 Å². The third-order valence-corrected chi connectivity index (χ3v) is 3.68. The number of hydrogen-bond donors (Lipinski definition) is 1. The Hall–Kier alpha value is -1.09. The van der Waals surface area contributed by atoms with Gasteiger partial charge in [-0.3, -0.25) is 0 Å². The Labute approximate surface area is 109 Å². The number of rotatable bonds is 3. The predicted octanol–water partition coefficient (Wildman–Crippen LogP) is 2.76. The Balaban J connectivity index is 1.89. The van der Waals surface area contributed by atoms with E-state index in [1.165, 1.54) is 12.0 Å². The predicted molar refractivity (Wildman–Crippen MR) is 76.3 cm³/mol. The van der Waals surface area contributed by atoms with Gasteiger partial charge in [-0.15, -0.1) is 0 Å². The molecule has 3 heteroatoms. The maximum Gasteiger partial charge on any atom is 0.168 e. The molecule has 2 nitrogen and oxygen atoms in total. The van der Waals surface area contributed by atoms with Gasteiger partial charge in [0, 0.05) is 25.6 Å². The molecular formula is C14H20N2S. The van der Waals surface area contributed by atoms with Gasteiger partial charge in [0.15, 0.2) is 5.11 Å². The molecule has 0 amide bonds. The van der Waals surface area contributed by atoms with Gasteiger partial charge < -0.3 is 10.2 Å². The van der Waals surface area contributed by atoms with Crippen LogP contribution >= 0.6 is 12.2 Å². The number of likely N-dealkylation sites (tertiary alicyclic amines) is 1.